The van der Waals surface area contributed by atoms with Crippen LogP contribution in [-0.2, 0) is 9.59 Å². The monoisotopic (exact) mass is 342 g/mol. The van der Waals surface area contributed by atoms with E-state index < -0.39 is 11.5 Å². The van der Waals surface area contributed by atoms with Crippen molar-refractivity contribution in [2.45, 2.75) is 32.2 Å². The number of rotatable bonds is 7. The van der Waals surface area contributed by atoms with Gasteiger partial charge in [0, 0.05) is 10.2 Å². The molecule has 110 valence electrons. The van der Waals surface area contributed by atoms with Gasteiger partial charge in [-0.25, -0.2) is 0 Å². The predicted octanol–water partition coefficient (Wildman–Crippen LogP) is 2.62. The van der Waals surface area contributed by atoms with E-state index in [9.17, 15) is 14.7 Å². The Balaban J connectivity index is 2.58. The summed E-state index contributed by atoms with van der Waals surface area (Å²) in [5.74, 6) is -1.20. The molecule has 0 saturated heterocycles. The molecule has 0 aromatic heterocycles. The second-order valence-corrected chi connectivity index (χ2v) is 5.42. The van der Waals surface area contributed by atoms with Crippen LogP contribution in [0.25, 0.3) is 0 Å². The summed E-state index contributed by atoms with van der Waals surface area (Å²) in [6.07, 6.45) is 0.842. The van der Waals surface area contributed by atoms with Crippen LogP contribution in [0.2, 0.25) is 0 Å². The average Bonchev–Trinajstić information content (AvgIpc) is 2.43. The summed E-state index contributed by atoms with van der Waals surface area (Å²) in [6, 6.07) is 7.18. The van der Waals surface area contributed by atoms with E-state index in [1.165, 1.54) is 0 Å². The summed E-state index contributed by atoms with van der Waals surface area (Å²) < 4.78 is 0.926. The highest BCUT2D eigenvalue weighted by atomic mass is 79.9. The second kappa shape index (κ2) is 7.40. The highest BCUT2D eigenvalue weighted by Crippen LogP contribution is 2.16. The van der Waals surface area contributed by atoms with E-state index in [4.69, 9.17) is 0 Å². The molecule has 0 bridgehead atoms. The first-order valence-electron chi connectivity index (χ1n) is 6.47. The maximum absolute atomic E-state index is 11.8. The second-order valence-electron chi connectivity index (χ2n) is 4.50. The third-order valence-electron chi connectivity index (χ3n) is 3.33. The minimum atomic E-state index is -1.04. The van der Waals surface area contributed by atoms with Crippen LogP contribution in [0.4, 0.5) is 5.69 Å². The molecule has 1 aromatic carbocycles. The highest BCUT2D eigenvalue weighted by Gasteiger charge is 2.34. The van der Waals surface area contributed by atoms with Gasteiger partial charge in [0.15, 0.2) is 0 Å². The van der Waals surface area contributed by atoms with E-state index >= 15 is 0 Å². The van der Waals surface area contributed by atoms with Crippen molar-refractivity contribution < 1.29 is 14.7 Å². The number of nitrogens with one attached hydrogen (secondary N) is 2. The quantitative estimate of drug-likeness (QED) is 0.711. The number of carbonyl (C=O) groups is 2. The van der Waals surface area contributed by atoms with Crippen LogP contribution in [0.15, 0.2) is 28.7 Å². The zero-order chi connectivity index (χ0) is 15.2. The highest BCUT2D eigenvalue weighted by molar-refractivity contribution is 9.10. The number of carbonyl (C=O) groups excluding carboxylic acids is 1. The molecule has 5 nitrogen and oxygen atoms in total. The Labute approximate surface area is 126 Å². The molecule has 0 radical (unpaired) electrons. The molecule has 0 spiro atoms. The van der Waals surface area contributed by atoms with E-state index in [0.717, 1.165) is 4.47 Å². The SMILES string of the molecule is CCC(CC)(NCC(=O)Nc1ccc(Br)cc1)C(=O)O. The fraction of sp³-hybridized carbons (Fsp3) is 0.429. The van der Waals surface area contributed by atoms with Gasteiger partial charge >= 0.3 is 5.97 Å². The van der Waals surface area contributed by atoms with Gasteiger partial charge in [-0.15, -0.1) is 0 Å². The number of carboxylic acids is 1. The molecule has 3 N–H and O–H groups in total. The minimum absolute atomic E-state index is 0.0377. The molecular formula is C14H19BrN2O3. The number of aliphatic carboxylic acids is 1. The molecule has 1 amide bonds. The Morgan fingerprint density at radius 3 is 2.20 bits per heavy atom. The summed E-state index contributed by atoms with van der Waals surface area (Å²) in [4.78, 5) is 23.1. The van der Waals surface area contributed by atoms with Gasteiger partial charge in [0.05, 0.1) is 6.54 Å². The van der Waals surface area contributed by atoms with Crippen molar-refractivity contribution in [2.75, 3.05) is 11.9 Å². The van der Waals surface area contributed by atoms with Crippen LogP contribution in [0, 0.1) is 0 Å². The van der Waals surface area contributed by atoms with E-state index in [-0.39, 0.29) is 12.5 Å². The molecule has 1 aromatic rings. The first-order valence-corrected chi connectivity index (χ1v) is 7.26. The van der Waals surface area contributed by atoms with Crippen molar-refractivity contribution in [1.29, 1.82) is 0 Å². The van der Waals surface area contributed by atoms with Crippen molar-refractivity contribution in [1.82, 2.24) is 5.32 Å². The maximum Gasteiger partial charge on any atom is 0.323 e. The smallest absolute Gasteiger partial charge is 0.323 e. The number of hydrogen-bond donors (Lipinski definition) is 3. The Bertz CT molecular complexity index is 470. The van der Waals surface area contributed by atoms with E-state index in [1.54, 1.807) is 26.0 Å². The summed E-state index contributed by atoms with van der Waals surface area (Å²) in [5, 5.41) is 14.8. The lowest BCUT2D eigenvalue weighted by atomic mass is 9.93. The Kier molecular flexibility index (Phi) is 6.16. The molecule has 0 aliphatic carbocycles. The Morgan fingerprint density at radius 1 is 1.20 bits per heavy atom. The normalized spacial score (nSPS) is 11.2. The first-order chi connectivity index (χ1) is 9.43. The van der Waals surface area contributed by atoms with E-state index in [1.807, 2.05) is 12.1 Å². The number of benzene rings is 1. The zero-order valence-electron chi connectivity index (χ0n) is 11.6. The van der Waals surface area contributed by atoms with Crippen molar-refractivity contribution >= 4 is 33.5 Å². The number of carboxylic acid groups (broad SMARTS) is 1. The number of halogens is 1. The fourth-order valence-electron chi connectivity index (χ4n) is 1.87. The predicted molar refractivity (Wildman–Crippen MR) is 81.7 cm³/mol. The van der Waals surface area contributed by atoms with Gasteiger partial charge in [-0.2, -0.15) is 0 Å². The number of amides is 1. The van der Waals surface area contributed by atoms with Crippen molar-refractivity contribution in [3.05, 3.63) is 28.7 Å². The zero-order valence-corrected chi connectivity index (χ0v) is 13.2. The molecular weight excluding hydrogens is 324 g/mol. The lowest BCUT2D eigenvalue weighted by Gasteiger charge is -2.27. The largest absolute Gasteiger partial charge is 0.480 e. The van der Waals surface area contributed by atoms with Crippen LogP contribution in [0.5, 0.6) is 0 Å². The molecule has 0 aliphatic rings. The summed E-state index contributed by atoms with van der Waals surface area (Å²) >= 11 is 3.31. The van der Waals surface area contributed by atoms with E-state index in [2.05, 4.69) is 26.6 Å². The van der Waals surface area contributed by atoms with E-state index in [0.29, 0.717) is 18.5 Å². The van der Waals surface area contributed by atoms with Gasteiger partial charge in [-0.1, -0.05) is 29.8 Å². The van der Waals surface area contributed by atoms with Gasteiger partial charge < -0.3 is 10.4 Å². The lowest BCUT2D eigenvalue weighted by Crippen LogP contribution is -2.53. The third-order valence-corrected chi connectivity index (χ3v) is 3.86. The molecule has 0 unspecified atom stereocenters. The van der Waals surface area contributed by atoms with Crippen LogP contribution >= 0.6 is 15.9 Å². The molecule has 20 heavy (non-hydrogen) atoms. The molecule has 0 saturated carbocycles. The summed E-state index contributed by atoms with van der Waals surface area (Å²) in [6.45, 7) is 3.54. The Morgan fingerprint density at radius 2 is 1.75 bits per heavy atom. The van der Waals surface area contributed by atoms with Gasteiger partial charge in [0.2, 0.25) is 5.91 Å². The van der Waals surface area contributed by atoms with Gasteiger partial charge in [-0.3, -0.25) is 14.9 Å². The minimum Gasteiger partial charge on any atom is -0.480 e. The van der Waals surface area contributed by atoms with Gasteiger partial charge in [-0.05, 0) is 37.1 Å². The topological polar surface area (TPSA) is 78.4 Å². The van der Waals surface area contributed by atoms with Gasteiger partial charge in [0.1, 0.15) is 5.54 Å². The number of hydrogen-bond acceptors (Lipinski definition) is 3. The standard InChI is InChI=1S/C14H19BrN2O3/c1-3-14(4-2,13(19)20)16-9-12(18)17-11-7-5-10(15)6-8-11/h5-8,16H,3-4,9H2,1-2H3,(H,17,18)(H,19,20). The summed E-state index contributed by atoms with van der Waals surface area (Å²) in [5.41, 5.74) is -0.370. The number of anilines is 1. The van der Waals surface area contributed by atoms with Gasteiger partial charge in [0.25, 0.3) is 0 Å². The molecule has 1 rings (SSSR count). The Hall–Kier alpha value is -1.40. The molecule has 6 heteroatoms. The average molecular weight is 343 g/mol. The van der Waals surface area contributed by atoms with Crippen molar-refractivity contribution in [3.8, 4) is 0 Å². The van der Waals surface area contributed by atoms with Crippen molar-refractivity contribution in [3.63, 3.8) is 0 Å². The molecule has 0 fully saturated rings. The van der Waals surface area contributed by atoms with Crippen LogP contribution in [-0.4, -0.2) is 29.1 Å². The third kappa shape index (κ3) is 4.31. The van der Waals surface area contributed by atoms with Crippen molar-refractivity contribution in [2.24, 2.45) is 0 Å². The fourth-order valence-corrected chi connectivity index (χ4v) is 2.13. The van der Waals surface area contributed by atoms with Crippen LogP contribution < -0.4 is 10.6 Å². The lowest BCUT2D eigenvalue weighted by molar-refractivity contribution is -0.145. The maximum atomic E-state index is 11.8. The summed E-state index contributed by atoms with van der Waals surface area (Å²) in [7, 11) is 0. The van der Waals surface area contributed by atoms with Crippen LogP contribution in [0.1, 0.15) is 26.7 Å². The molecule has 0 heterocycles. The molecule has 0 aliphatic heterocycles. The van der Waals surface area contributed by atoms with Crippen LogP contribution in [0.3, 0.4) is 0 Å². The molecule has 0 atom stereocenters. The first kappa shape index (κ1) is 16.7.